The van der Waals surface area contributed by atoms with Crippen LogP contribution in [0.1, 0.15) is 24.1 Å². The van der Waals surface area contributed by atoms with E-state index in [0.717, 1.165) is 38.2 Å². The summed E-state index contributed by atoms with van der Waals surface area (Å²) < 4.78 is 5.26. The number of H-pyrrole nitrogens is 1. The van der Waals surface area contributed by atoms with Crippen molar-refractivity contribution in [1.82, 2.24) is 20.8 Å². The third-order valence-corrected chi connectivity index (χ3v) is 3.42. The molecule has 6 nitrogen and oxygen atoms in total. The van der Waals surface area contributed by atoms with Gasteiger partial charge in [0.05, 0.1) is 12.8 Å². The molecule has 1 aliphatic heterocycles. The van der Waals surface area contributed by atoms with E-state index >= 15 is 0 Å². The van der Waals surface area contributed by atoms with E-state index in [2.05, 4.69) is 20.8 Å². The highest BCUT2D eigenvalue weighted by atomic mass is 16.5. The van der Waals surface area contributed by atoms with Gasteiger partial charge in [-0.05, 0) is 31.7 Å². The molecule has 0 aromatic carbocycles. The van der Waals surface area contributed by atoms with Gasteiger partial charge in [-0.3, -0.25) is 5.10 Å². The van der Waals surface area contributed by atoms with Crippen LogP contribution in [0.3, 0.4) is 0 Å². The lowest BCUT2D eigenvalue weighted by molar-refractivity contribution is 0.185. The molecule has 0 spiro atoms. The number of aromatic amines is 1. The molecule has 0 unspecified atom stereocenters. The molecule has 2 amide bonds. The molecule has 1 atom stereocenters. The number of urea groups is 1. The zero-order chi connectivity index (χ0) is 13.5. The number of hydrogen-bond donors (Lipinski definition) is 3. The molecule has 2 rings (SSSR count). The van der Waals surface area contributed by atoms with Gasteiger partial charge in [0.1, 0.15) is 0 Å². The van der Waals surface area contributed by atoms with Gasteiger partial charge in [-0.25, -0.2) is 4.79 Å². The molecule has 1 aromatic heterocycles. The molecule has 0 saturated carbocycles. The fraction of sp³-hybridized carbons (Fsp3) is 0.692. The first kappa shape index (κ1) is 13.9. The summed E-state index contributed by atoms with van der Waals surface area (Å²) in [5.41, 5.74) is 2.32. The average molecular weight is 266 g/mol. The molecule has 19 heavy (non-hydrogen) atoms. The van der Waals surface area contributed by atoms with Crippen molar-refractivity contribution >= 4 is 6.03 Å². The Morgan fingerprint density at radius 1 is 1.58 bits per heavy atom. The zero-order valence-corrected chi connectivity index (χ0v) is 11.4. The largest absolute Gasteiger partial charge is 0.381 e. The van der Waals surface area contributed by atoms with Gasteiger partial charge >= 0.3 is 6.03 Å². The van der Waals surface area contributed by atoms with Crippen molar-refractivity contribution in [2.24, 2.45) is 5.92 Å². The van der Waals surface area contributed by atoms with E-state index in [1.807, 2.05) is 13.1 Å². The van der Waals surface area contributed by atoms with Gasteiger partial charge in [0, 0.05) is 31.3 Å². The van der Waals surface area contributed by atoms with Gasteiger partial charge in [-0.1, -0.05) is 0 Å². The molecule has 1 aromatic rings. The van der Waals surface area contributed by atoms with Crippen molar-refractivity contribution in [3.05, 3.63) is 17.5 Å². The second-order valence-corrected chi connectivity index (χ2v) is 4.99. The molecular weight excluding hydrogens is 244 g/mol. The summed E-state index contributed by atoms with van der Waals surface area (Å²) in [4.78, 5) is 11.5. The Labute approximate surface area is 113 Å². The molecule has 0 radical (unpaired) electrons. The second kappa shape index (κ2) is 7.13. The molecule has 0 bridgehead atoms. The molecule has 106 valence electrons. The Morgan fingerprint density at radius 3 is 3.16 bits per heavy atom. The van der Waals surface area contributed by atoms with E-state index in [-0.39, 0.29) is 6.03 Å². The van der Waals surface area contributed by atoms with Crippen LogP contribution in [0, 0.1) is 12.8 Å². The lowest BCUT2D eigenvalue weighted by Gasteiger charge is -2.10. The number of aryl methyl sites for hydroxylation is 2. The van der Waals surface area contributed by atoms with E-state index < -0.39 is 0 Å². The minimum atomic E-state index is -0.0872. The highest BCUT2D eigenvalue weighted by molar-refractivity contribution is 5.73. The normalized spacial score (nSPS) is 18.5. The van der Waals surface area contributed by atoms with E-state index in [9.17, 15) is 4.79 Å². The van der Waals surface area contributed by atoms with Crippen LogP contribution in [0.5, 0.6) is 0 Å². The first-order valence-electron chi connectivity index (χ1n) is 6.84. The highest BCUT2D eigenvalue weighted by Gasteiger charge is 2.15. The molecule has 6 heteroatoms. The Morgan fingerprint density at radius 2 is 2.47 bits per heavy atom. The van der Waals surface area contributed by atoms with Gasteiger partial charge < -0.3 is 15.4 Å². The van der Waals surface area contributed by atoms with Gasteiger partial charge in [-0.15, -0.1) is 0 Å². The number of aromatic nitrogens is 2. The van der Waals surface area contributed by atoms with Crippen LogP contribution in [0.15, 0.2) is 6.20 Å². The molecule has 2 heterocycles. The van der Waals surface area contributed by atoms with Gasteiger partial charge in [0.2, 0.25) is 0 Å². The summed E-state index contributed by atoms with van der Waals surface area (Å²) in [5.74, 6) is 0.472. The maximum absolute atomic E-state index is 11.5. The number of ether oxygens (including phenoxy) is 1. The minimum absolute atomic E-state index is 0.0872. The smallest absolute Gasteiger partial charge is 0.314 e. The lowest BCUT2D eigenvalue weighted by atomic mass is 10.1. The summed E-state index contributed by atoms with van der Waals surface area (Å²) in [5, 5.41) is 12.6. The van der Waals surface area contributed by atoms with Crippen LogP contribution in [0.2, 0.25) is 0 Å². The number of amides is 2. The number of carbonyl (C=O) groups is 1. The lowest BCUT2D eigenvalue weighted by Crippen LogP contribution is -2.38. The number of nitrogens with one attached hydrogen (secondary N) is 3. The Bertz CT molecular complexity index is 399. The fourth-order valence-electron chi connectivity index (χ4n) is 2.15. The third-order valence-electron chi connectivity index (χ3n) is 3.42. The van der Waals surface area contributed by atoms with Crippen molar-refractivity contribution in [1.29, 1.82) is 0 Å². The van der Waals surface area contributed by atoms with Crippen molar-refractivity contribution < 1.29 is 9.53 Å². The molecular formula is C13H22N4O2. The topological polar surface area (TPSA) is 79.0 Å². The van der Waals surface area contributed by atoms with E-state index in [0.29, 0.717) is 19.0 Å². The Kier molecular flexibility index (Phi) is 5.20. The maximum Gasteiger partial charge on any atom is 0.314 e. The van der Waals surface area contributed by atoms with Crippen LogP contribution < -0.4 is 10.6 Å². The number of nitrogens with zero attached hydrogens (tertiary/aromatic N) is 1. The van der Waals surface area contributed by atoms with Crippen LogP contribution in [0.4, 0.5) is 4.79 Å². The number of hydrogen-bond acceptors (Lipinski definition) is 3. The number of carbonyl (C=O) groups excluding carboxylic acids is 1. The second-order valence-electron chi connectivity index (χ2n) is 4.99. The van der Waals surface area contributed by atoms with Gasteiger partial charge in [-0.2, -0.15) is 5.10 Å². The average Bonchev–Trinajstić information content (AvgIpc) is 3.04. The predicted molar refractivity (Wildman–Crippen MR) is 72.0 cm³/mol. The van der Waals surface area contributed by atoms with Crippen molar-refractivity contribution in [2.75, 3.05) is 26.3 Å². The Balaban J connectivity index is 1.52. The zero-order valence-electron chi connectivity index (χ0n) is 11.4. The first-order valence-corrected chi connectivity index (χ1v) is 6.84. The monoisotopic (exact) mass is 266 g/mol. The predicted octanol–water partition coefficient (Wildman–Crippen LogP) is 0.986. The van der Waals surface area contributed by atoms with Crippen molar-refractivity contribution in [3.8, 4) is 0 Å². The summed E-state index contributed by atoms with van der Waals surface area (Å²) in [6, 6.07) is -0.0872. The van der Waals surface area contributed by atoms with Crippen molar-refractivity contribution in [3.63, 3.8) is 0 Å². The van der Waals surface area contributed by atoms with E-state index in [4.69, 9.17) is 4.74 Å². The fourth-order valence-corrected chi connectivity index (χ4v) is 2.15. The van der Waals surface area contributed by atoms with Crippen molar-refractivity contribution in [2.45, 2.75) is 26.2 Å². The molecule has 1 fully saturated rings. The van der Waals surface area contributed by atoms with E-state index in [1.54, 1.807) is 0 Å². The van der Waals surface area contributed by atoms with Gasteiger partial charge in [0.25, 0.3) is 0 Å². The van der Waals surface area contributed by atoms with Crippen LogP contribution in [-0.4, -0.2) is 42.5 Å². The minimum Gasteiger partial charge on any atom is -0.381 e. The summed E-state index contributed by atoms with van der Waals surface area (Å²) in [6.45, 7) is 4.97. The van der Waals surface area contributed by atoms with Crippen LogP contribution in [-0.2, 0) is 11.2 Å². The molecule has 1 aliphatic rings. The van der Waals surface area contributed by atoms with Crippen LogP contribution >= 0.6 is 0 Å². The number of rotatable bonds is 6. The molecule has 1 saturated heterocycles. The summed E-state index contributed by atoms with van der Waals surface area (Å²) in [6.07, 6.45) is 4.73. The Hall–Kier alpha value is -1.56. The molecule has 0 aliphatic carbocycles. The SMILES string of the molecule is Cc1[nH]ncc1CCCNC(=O)NC[C@@H]1CCOC1. The molecule has 3 N–H and O–H groups in total. The highest BCUT2D eigenvalue weighted by Crippen LogP contribution is 2.10. The van der Waals surface area contributed by atoms with E-state index in [1.165, 1.54) is 5.56 Å². The summed E-state index contributed by atoms with van der Waals surface area (Å²) >= 11 is 0. The van der Waals surface area contributed by atoms with Gasteiger partial charge in [0.15, 0.2) is 0 Å². The quantitative estimate of drug-likeness (QED) is 0.672. The standard InChI is InChI=1S/C13H22N4O2/c1-10-12(8-16-17-10)3-2-5-14-13(18)15-7-11-4-6-19-9-11/h8,11H,2-7,9H2,1H3,(H,16,17)(H2,14,15,18)/t11-/m0/s1. The first-order chi connectivity index (χ1) is 9.25. The maximum atomic E-state index is 11.5. The third kappa shape index (κ3) is 4.55. The van der Waals surface area contributed by atoms with Crippen LogP contribution in [0.25, 0.3) is 0 Å². The summed E-state index contributed by atoms with van der Waals surface area (Å²) in [7, 11) is 0.